The minimum Gasteiger partial charge on any atom is -0.550 e. The predicted molar refractivity (Wildman–Crippen MR) is 187 cm³/mol. The zero-order chi connectivity index (χ0) is 50.5. The van der Waals surface area contributed by atoms with Crippen LogP contribution in [-0.4, -0.2) is 359 Å². The van der Waals surface area contributed by atoms with Gasteiger partial charge in [-0.1, -0.05) is 0 Å². The molecule has 32 nitrogen and oxygen atoms in total. The Hall–Kier alpha value is -1.07. The van der Waals surface area contributed by atoms with Crippen LogP contribution < -0.4 is 30.6 Å². The Bertz CT molecular complexity index is 1250. The van der Waals surface area contributed by atoms with E-state index in [1.165, 1.54) is 0 Å². The van der Waals surface area contributed by atoms with Gasteiger partial charge in [0.1, 0.15) is 86.0 Å². The number of carboxylic acids is 6. The molecular formula is C30H46Ca3O32. The van der Waals surface area contributed by atoms with Crippen LogP contribution in [0, 0.1) is 0 Å². The van der Waals surface area contributed by atoms with E-state index >= 15 is 0 Å². The van der Waals surface area contributed by atoms with Crippen molar-refractivity contribution in [2.45, 2.75) is 91.8 Å². The molecule has 0 saturated carbocycles. The fourth-order valence-electron chi connectivity index (χ4n) is 3.18. The topological polar surface area (TPSA) is 636 Å². The molecule has 0 aromatic rings. The molecule has 0 aliphatic carbocycles. The quantitative estimate of drug-likeness (QED) is 0.0378. The fraction of sp³-hybridized carbons (Fsp3) is 0.700. The van der Waals surface area contributed by atoms with Gasteiger partial charge in [0.2, 0.25) is 0 Å². The smallest absolute Gasteiger partial charge is 0.550 e. The molecule has 364 valence electrons. The first kappa shape index (κ1) is 80.9. The molecule has 0 aromatic heterocycles. The molecule has 0 spiro atoms. The summed E-state index contributed by atoms with van der Waals surface area (Å²) in [6.07, 6.45) is -21.1. The van der Waals surface area contributed by atoms with Crippen molar-refractivity contribution in [1.29, 1.82) is 0 Å². The maximum absolute atomic E-state index is 10.5. The van der Waals surface area contributed by atoms with Crippen LogP contribution in [0.5, 0.6) is 0 Å². The van der Waals surface area contributed by atoms with E-state index in [4.69, 9.17) is 86.8 Å². The zero-order valence-electron chi connectivity index (χ0n) is 33.6. The van der Waals surface area contributed by atoms with Crippen LogP contribution >= 0.6 is 0 Å². The van der Waals surface area contributed by atoms with Crippen LogP contribution in [0.4, 0.5) is 0 Å². The minimum absolute atomic E-state index is 0. The maximum atomic E-state index is 10.5. The summed E-state index contributed by atoms with van der Waals surface area (Å²) < 4.78 is 0. The SMILES string of the molecule is O=C(CO)[C@@H](O)[C@H](O)[C@H](O)CO.O=C(CO)[C@@H](O)[C@H](O)[C@H](O)CO.O=C(CO)[C@@H](O)[C@H](O)[C@H](O)CO.O=C([O-])CC(O)(CC(=O)[O-])C(=O)[O-].O=C([O-])CC(O)(CC(=O)[O-])C(=O)[O-].[Ca+2].[Ca+2].[Ca+2]. The van der Waals surface area contributed by atoms with Crippen molar-refractivity contribution in [3.05, 3.63) is 0 Å². The summed E-state index contributed by atoms with van der Waals surface area (Å²) in [5.74, 6) is -15.0. The summed E-state index contributed by atoms with van der Waals surface area (Å²) in [6, 6.07) is 0. The number of carbonyl (C=O) groups is 9. The number of Topliss-reactive ketones (excluding diaryl/α,β-unsaturated/α-hetero) is 3. The zero-order valence-corrected chi connectivity index (χ0v) is 40.2. The van der Waals surface area contributed by atoms with E-state index in [0.29, 0.717) is 0 Å². The summed E-state index contributed by atoms with van der Waals surface area (Å²) in [5, 5.41) is 207. The van der Waals surface area contributed by atoms with E-state index in [1.807, 2.05) is 0 Å². The van der Waals surface area contributed by atoms with Crippen LogP contribution in [0.2, 0.25) is 0 Å². The summed E-state index contributed by atoms with van der Waals surface area (Å²) >= 11 is 0. The van der Waals surface area contributed by atoms with E-state index in [9.17, 15) is 73.8 Å². The summed E-state index contributed by atoms with van der Waals surface area (Å²) in [5.41, 5.74) is -5.95. The van der Waals surface area contributed by atoms with Gasteiger partial charge < -0.3 is 146 Å². The number of hydrogen-bond acceptors (Lipinski definition) is 32. The Kier molecular flexibility index (Phi) is 53.5. The van der Waals surface area contributed by atoms with Crippen molar-refractivity contribution in [1.82, 2.24) is 0 Å². The number of aliphatic carboxylic acids is 6. The second-order valence-electron chi connectivity index (χ2n) is 11.8. The molecule has 0 unspecified atom stereocenters. The van der Waals surface area contributed by atoms with E-state index in [2.05, 4.69) is 0 Å². The molecular weight excluding hydrogens is 993 g/mol. The van der Waals surface area contributed by atoms with Gasteiger partial charge in [0.25, 0.3) is 0 Å². The molecule has 35 heteroatoms. The number of hydrogen-bond donors (Lipinski definition) is 17. The van der Waals surface area contributed by atoms with E-state index in [-0.39, 0.29) is 113 Å². The van der Waals surface area contributed by atoms with Gasteiger partial charge in [0.05, 0.1) is 31.8 Å². The summed E-state index contributed by atoms with van der Waals surface area (Å²) in [7, 11) is 0. The van der Waals surface area contributed by atoms with Gasteiger partial charge in [-0.25, -0.2) is 0 Å². The Morgan fingerprint density at radius 1 is 0.354 bits per heavy atom. The first-order valence-corrected chi connectivity index (χ1v) is 16.2. The van der Waals surface area contributed by atoms with Crippen molar-refractivity contribution in [3.8, 4) is 0 Å². The van der Waals surface area contributed by atoms with Gasteiger partial charge in [0.15, 0.2) is 17.3 Å². The fourth-order valence-corrected chi connectivity index (χ4v) is 3.18. The summed E-state index contributed by atoms with van der Waals surface area (Å²) in [6.45, 7) is -5.06. The third kappa shape index (κ3) is 37.5. The van der Waals surface area contributed by atoms with Gasteiger partial charge in [-0.3, -0.25) is 14.4 Å². The standard InChI is InChI=1S/2C6H8O7.3C6H12O6.3Ca/c2*7-3(8)1-6(13,5(11)12)2-4(9)10;3*7-1-3(9)5(11)6(12)4(10)2-8;;;/h2*13H,1-2H2,(H,7,8)(H,9,10)(H,11,12);3*3,5-9,11-12H,1-2H2;;;/q;;;;;3*+2/p-6/t;;3*3-,5-,6-;;;/m..111.../s1. The Morgan fingerprint density at radius 2 is 0.508 bits per heavy atom. The first-order chi connectivity index (χ1) is 28.2. The van der Waals surface area contributed by atoms with E-state index in [1.54, 1.807) is 0 Å². The van der Waals surface area contributed by atoms with E-state index < -0.39 is 185 Å². The Labute approximate surface area is 453 Å². The molecule has 0 fully saturated rings. The number of carboxylic acid groups (broad SMARTS) is 6. The molecule has 0 heterocycles. The molecule has 9 atom stereocenters. The summed E-state index contributed by atoms with van der Waals surface area (Å²) in [4.78, 5) is 91.6. The molecule has 65 heavy (non-hydrogen) atoms. The van der Waals surface area contributed by atoms with Crippen LogP contribution in [-0.2, 0) is 43.2 Å². The first-order valence-electron chi connectivity index (χ1n) is 16.2. The third-order valence-electron chi connectivity index (χ3n) is 6.68. The average Bonchev–Trinajstić information content (AvgIpc) is 3.19. The van der Waals surface area contributed by atoms with Gasteiger partial charge in [-0.05, 0) is 0 Å². The molecule has 0 bridgehead atoms. The van der Waals surface area contributed by atoms with Crippen LogP contribution in [0.1, 0.15) is 25.7 Å². The maximum Gasteiger partial charge on any atom is 2.00 e. The molecule has 0 saturated heterocycles. The monoisotopic (exact) mass is 1040 g/mol. The molecule has 0 aliphatic heterocycles. The minimum atomic E-state index is -2.97. The molecule has 0 amide bonds. The molecule has 17 N–H and O–H groups in total. The largest absolute Gasteiger partial charge is 2.00 e. The Balaban J connectivity index is -0.000000103. The van der Waals surface area contributed by atoms with Crippen molar-refractivity contribution >= 4 is 166 Å². The van der Waals surface area contributed by atoms with Crippen molar-refractivity contribution in [2.24, 2.45) is 0 Å². The number of aliphatic hydroxyl groups excluding tert-OH is 15. The molecule has 0 rings (SSSR count). The van der Waals surface area contributed by atoms with Gasteiger partial charge in [0, 0.05) is 49.6 Å². The van der Waals surface area contributed by atoms with Crippen molar-refractivity contribution in [3.63, 3.8) is 0 Å². The van der Waals surface area contributed by atoms with Gasteiger partial charge in [-0.15, -0.1) is 0 Å². The average molecular weight is 1040 g/mol. The number of aliphatic hydroxyl groups is 17. The predicted octanol–water partition coefficient (Wildman–Crippen LogP) is -21.8. The molecule has 0 aromatic carbocycles. The Morgan fingerprint density at radius 3 is 0.600 bits per heavy atom. The van der Waals surface area contributed by atoms with Gasteiger partial charge >= 0.3 is 113 Å². The van der Waals surface area contributed by atoms with Crippen molar-refractivity contribution in [2.75, 3.05) is 39.6 Å². The molecule has 0 radical (unpaired) electrons. The normalized spacial score (nSPS) is 14.5. The van der Waals surface area contributed by atoms with Gasteiger partial charge in [-0.2, -0.15) is 0 Å². The molecule has 0 aliphatic rings. The number of rotatable bonds is 25. The van der Waals surface area contributed by atoms with Crippen LogP contribution in [0.25, 0.3) is 0 Å². The third-order valence-corrected chi connectivity index (χ3v) is 6.68. The van der Waals surface area contributed by atoms with Crippen LogP contribution in [0.15, 0.2) is 0 Å². The second kappa shape index (κ2) is 43.0. The number of carbonyl (C=O) groups excluding carboxylic acids is 9. The van der Waals surface area contributed by atoms with Crippen molar-refractivity contribution < 1.29 is 161 Å². The van der Waals surface area contributed by atoms with E-state index in [0.717, 1.165) is 0 Å². The van der Waals surface area contributed by atoms with Crippen LogP contribution in [0.3, 0.4) is 0 Å². The second-order valence-corrected chi connectivity index (χ2v) is 11.8. The number of ketones is 3.